The van der Waals surface area contributed by atoms with E-state index in [0.29, 0.717) is 12.2 Å². The van der Waals surface area contributed by atoms with Gasteiger partial charge in [0.1, 0.15) is 22.9 Å². The van der Waals surface area contributed by atoms with Crippen LogP contribution >= 0.6 is 0 Å². The van der Waals surface area contributed by atoms with Gasteiger partial charge < -0.3 is 9.64 Å². The van der Waals surface area contributed by atoms with Crippen molar-refractivity contribution in [2.45, 2.75) is 6.54 Å². The number of halogens is 2. The number of anilines is 1. The Balaban J connectivity index is 2.05. The number of benzene rings is 2. The van der Waals surface area contributed by atoms with E-state index >= 15 is 0 Å². The Morgan fingerprint density at radius 1 is 1.04 bits per heavy atom. The summed E-state index contributed by atoms with van der Waals surface area (Å²) in [6.07, 6.45) is 1.49. The van der Waals surface area contributed by atoms with Gasteiger partial charge in [0.2, 0.25) is 0 Å². The number of para-hydroxylation sites is 1. The number of pyridine rings is 1. The summed E-state index contributed by atoms with van der Waals surface area (Å²) >= 11 is 0. The molecule has 0 fully saturated rings. The molecule has 0 bridgehead atoms. The predicted octanol–water partition coefficient (Wildman–Crippen LogP) is 4.16. The van der Waals surface area contributed by atoms with Gasteiger partial charge in [0.05, 0.1) is 18.2 Å². The summed E-state index contributed by atoms with van der Waals surface area (Å²) in [5.74, 6) is -0.269. The third-order valence-electron chi connectivity index (χ3n) is 3.78. The molecule has 0 radical (unpaired) electrons. The lowest BCUT2D eigenvalue weighted by molar-refractivity contribution is 0.409. The summed E-state index contributed by atoms with van der Waals surface area (Å²) in [4.78, 5) is 5.81. The molecule has 5 heteroatoms. The number of methoxy groups -OCH3 is 1. The standard InChI is InChI=1S/C18H16F2N2O/c1-22(11-12-5-3-4-6-16(12)23-2)15-9-10-21-18-14(20)8-7-13(19)17(15)18/h3-10H,11H2,1-2H3. The summed E-state index contributed by atoms with van der Waals surface area (Å²) < 4.78 is 33.4. The first-order chi connectivity index (χ1) is 11.1. The molecule has 1 aromatic heterocycles. The van der Waals surface area contributed by atoms with Crippen molar-refractivity contribution in [1.82, 2.24) is 4.98 Å². The number of fused-ring (bicyclic) bond motifs is 1. The van der Waals surface area contributed by atoms with Crippen LogP contribution < -0.4 is 9.64 Å². The molecule has 1 heterocycles. The fourth-order valence-corrected chi connectivity index (χ4v) is 2.67. The Morgan fingerprint density at radius 2 is 1.78 bits per heavy atom. The van der Waals surface area contributed by atoms with Crippen molar-refractivity contribution in [1.29, 1.82) is 0 Å². The van der Waals surface area contributed by atoms with Crippen molar-refractivity contribution in [2.75, 3.05) is 19.1 Å². The minimum atomic E-state index is -0.533. The van der Waals surface area contributed by atoms with Gasteiger partial charge in [0, 0.05) is 25.4 Å². The Labute approximate surface area is 133 Å². The molecule has 0 saturated carbocycles. The van der Waals surface area contributed by atoms with Crippen molar-refractivity contribution >= 4 is 16.6 Å². The van der Waals surface area contributed by atoms with Crippen LogP contribution in [0.15, 0.2) is 48.7 Å². The SMILES string of the molecule is COc1ccccc1CN(C)c1ccnc2c(F)ccc(F)c12. The minimum absolute atomic E-state index is 0.0365. The van der Waals surface area contributed by atoms with E-state index in [1.807, 2.05) is 36.2 Å². The van der Waals surface area contributed by atoms with Crippen LogP contribution in [0.2, 0.25) is 0 Å². The zero-order valence-corrected chi connectivity index (χ0v) is 12.9. The van der Waals surface area contributed by atoms with Crippen LogP contribution in [0, 0.1) is 11.6 Å². The van der Waals surface area contributed by atoms with E-state index in [4.69, 9.17) is 4.74 Å². The summed E-state index contributed by atoms with van der Waals surface area (Å²) in [5, 5.41) is 0.185. The Kier molecular flexibility index (Phi) is 4.10. The van der Waals surface area contributed by atoms with Gasteiger partial charge >= 0.3 is 0 Å². The van der Waals surface area contributed by atoms with Gasteiger partial charge in [-0.3, -0.25) is 4.98 Å². The van der Waals surface area contributed by atoms with Gasteiger partial charge in [0.25, 0.3) is 0 Å². The Hall–Kier alpha value is -2.69. The van der Waals surface area contributed by atoms with E-state index in [-0.39, 0.29) is 10.9 Å². The van der Waals surface area contributed by atoms with Crippen LogP contribution in [0.3, 0.4) is 0 Å². The second-order valence-electron chi connectivity index (χ2n) is 5.25. The second-order valence-corrected chi connectivity index (χ2v) is 5.25. The molecule has 0 saturated heterocycles. The molecule has 23 heavy (non-hydrogen) atoms. The van der Waals surface area contributed by atoms with Crippen molar-refractivity contribution in [3.05, 3.63) is 65.9 Å². The average molecular weight is 314 g/mol. The average Bonchev–Trinajstić information content (AvgIpc) is 2.58. The molecule has 0 amide bonds. The third-order valence-corrected chi connectivity index (χ3v) is 3.78. The maximum atomic E-state index is 14.2. The van der Waals surface area contributed by atoms with Gasteiger partial charge in [-0.05, 0) is 24.3 Å². The molecule has 0 aliphatic heterocycles. The molecule has 0 aliphatic carbocycles. The smallest absolute Gasteiger partial charge is 0.149 e. The zero-order valence-electron chi connectivity index (χ0n) is 12.9. The van der Waals surface area contributed by atoms with Gasteiger partial charge in [-0.15, -0.1) is 0 Å². The molecule has 3 nitrogen and oxygen atoms in total. The monoisotopic (exact) mass is 314 g/mol. The minimum Gasteiger partial charge on any atom is -0.496 e. The molecular formula is C18H16F2N2O. The first-order valence-corrected chi connectivity index (χ1v) is 7.17. The van der Waals surface area contributed by atoms with E-state index in [9.17, 15) is 8.78 Å². The van der Waals surface area contributed by atoms with E-state index in [1.165, 1.54) is 6.20 Å². The quantitative estimate of drug-likeness (QED) is 0.723. The van der Waals surface area contributed by atoms with Crippen LogP contribution in [0.5, 0.6) is 5.75 Å². The fraction of sp³-hybridized carbons (Fsp3) is 0.167. The van der Waals surface area contributed by atoms with E-state index in [1.54, 1.807) is 13.2 Å². The Morgan fingerprint density at radius 3 is 2.57 bits per heavy atom. The molecule has 118 valence electrons. The molecule has 0 spiro atoms. The molecular weight excluding hydrogens is 298 g/mol. The van der Waals surface area contributed by atoms with Crippen molar-refractivity contribution in [3.63, 3.8) is 0 Å². The lowest BCUT2D eigenvalue weighted by Gasteiger charge is -2.22. The van der Waals surface area contributed by atoms with Crippen LogP contribution in [0.4, 0.5) is 14.5 Å². The fourth-order valence-electron chi connectivity index (χ4n) is 2.67. The lowest BCUT2D eigenvalue weighted by atomic mass is 10.1. The van der Waals surface area contributed by atoms with E-state index in [2.05, 4.69) is 4.98 Å². The van der Waals surface area contributed by atoms with Crippen molar-refractivity contribution in [2.24, 2.45) is 0 Å². The highest BCUT2D eigenvalue weighted by Crippen LogP contribution is 2.30. The summed E-state index contributed by atoms with van der Waals surface area (Å²) in [6.45, 7) is 0.499. The largest absolute Gasteiger partial charge is 0.496 e. The molecule has 2 aromatic carbocycles. The van der Waals surface area contributed by atoms with Gasteiger partial charge in [-0.25, -0.2) is 8.78 Å². The molecule has 0 unspecified atom stereocenters. The molecule has 0 atom stereocenters. The van der Waals surface area contributed by atoms with Crippen LogP contribution in [0.1, 0.15) is 5.56 Å². The number of hydrogen-bond acceptors (Lipinski definition) is 3. The highest BCUT2D eigenvalue weighted by Gasteiger charge is 2.15. The number of aromatic nitrogens is 1. The van der Waals surface area contributed by atoms with Crippen molar-refractivity contribution in [3.8, 4) is 5.75 Å². The summed E-state index contributed by atoms with van der Waals surface area (Å²) in [7, 11) is 3.43. The zero-order chi connectivity index (χ0) is 16.4. The first kappa shape index (κ1) is 15.2. The number of ether oxygens (including phenoxy) is 1. The van der Waals surface area contributed by atoms with Gasteiger partial charge in [-0.2, -0.15) is 0 Å². The Bertz CT molecular complexity index is 852. The molecule has 3 aromatic rings. The predicted molar refractivity (Wildman–Crippen MR) is 86.8 cm³/mol. The van der Waals surface area contributed by atoms with Gasteiger partial charge in [0.15, 0.2) is 0 Å². The highest BCUT2D eigenvalue weighted by molar-refractivity contribution is 5.92. The maximum Gasteiger partial charge on any atom is 0.149 e. The number of nitrogens with zero attached hydrogens (tertiary/aromatic N) is 2. The third kappa shape index (κ3) is 2.82. The van der Waals surface area contributed by atoms with Crippen LogP contribution in [0.25, 0.3) is 10.9 Å². The molecule has 3 rings (SSSR count). The lowest BCUT2D eigenvalue weighted by Crippen LogP contribution is -2.17. The highest BCUT2D eigenvalue weighted by atomic mass is 19.1. The van der Waals surface area contributed by atoms with Gasteiger partial charge in [-0.1, -0.05) is 18.2 Å². The maximum absolute atomic E-state index is 14.2. The van der Waals surface area contributed by atoms with Crippen LogP contribution in [-0.4, -0.2) is 19.1 Å². The second kappa shape index (κ2) is 6.20. The normalized spacial score (nSPS) is 10.8. The summed E-state index contributed by atoms with van der Waals surface area (Å²) in [6, 6.07) is 11.5. The number of rotatable bonds is 4. The van der Waals surface area contributed by atoms with E-state index < -0.39 is 11.6 Å². The topological polar surface area (TPSA) is 25.4 Å². The number of hydrogen-bond donors (Lipinski definition) is 0. The molecule has 0 aliphatic rings. The van der Waals surface area contributed by atoms with Crippen molar-refractivity contribution < 1.29 is 13.5 Å². The first-order valence-electron chi connectivity index (χ1n) is 7.17. The van der Waals surface area contributed by atoms with Crippen LogP contribution in [-0.2, 0) is 6.54 Å². The van der Waals surface area contributed by atoms with E-state index in [0.717, 1.165) is 23.4 Å². The molecule has 0 N–H and O–H groups in total. The summed E-state index contributed by atoms with van der Waals surface area (Å²) in [5.41, 5.74) is 1.58.